The number of benzene rings is 1. The maximum Gasteiger partial charge on any atom is 0.254 e. The summed E-state index contributed by atoms with van der Waals surface area (Å²) in [5, 5.41) is 0. The first-order valence-corrected chi connectivity index (χ1v) is 9.93. The molecule has 3 heterocycles. The molecule has 0 saturated carbocycles. The molecule has 3 saturated heterocycles. The summed E-state index contributed by atoms with van der Waals surface area (Å²) >= 11 is 0. The summed E-state index contributed by atoms with van der Waals surface area (Å²) in [6.45, 7) is 3.85. The second kappa shape index (κ2) is 7.31. The molecule has 0 spiro atoms. The number of amides is 3. The number of piperidine rings is 1. The van der Waals surface area contributed by atoms with Gasteiger partial charge in [-0.1, -0.05) is 5.92 Å². The zero-order valence-electron chi connectivity index (χ0n) is 16.2. The zero-order chi connectivity index (χ0) is 19.8. The molecule has 2 bridgehead atoms. The van der Waals surface area contributed by atoms with Gasteiger partial charge in [-0.05, 0) is 49.9 Å². The molecule has 0 N–H and O–H groups in total. The summed E-state index contributed by atoms with van der Waals surface area (Å²) in [7, 11) is 0. The largest absolute Gasteiger partial charge is 0.334 e. The van der Waals surface area contributed by atoms with Crippen LogP contribution >= 0.6 is 0 Å². The Morgan fingerprint density at radius 2 is 1.93 bits per heavy atom. The summed E-state index contributed by atoms with van der Waals surface area (Å²) < 4.78 is 0. The smallest absolute Gasteiger partial charge is 0.254 e. The number of carbonyl (C=O) groups excluding carboxylic acids is 3. The first-order valence-electron chi connectivity index (χ1n) is 9.93. The lowest BCUT2D eigenvalue weighted by atomic mass is 10.0. The summed E-state index contributed by atoms with van der Waals surface area (Å²) in [4.78, 5) is 43.1. The average molecular weight is 379 g/mol. The van der Waals surface area contributed by atoms with E-state index in [1.54, 1.807) is 17.0 Å². The number of rotatable bonds is 3. The Labute approximate surface area is 165 Å². The van der Waals surface area contributed by atoms with E-state index >= 15 is 0 Å². The van der Waals surface area contributed by atoms with Crippen LogP contribution in [0.15, 0.2) is 18.2 Å². The summed E-state index contributed by atoms with van der Waals surface area (Å²) in [5.74, 6) is 2.67. The van der Waals surface area contributed by atoms with E-state index in [0.29, 0.717) is 31.6 Å². The Kier molecular flexibility index (Phi) is 4.84. The van der Waals surface area contributed by atoms with Crippen molar-refractivity contribution in [1.82, 2.24) is 14.7 Å². The number of piperazine rings is 1. The fraction of sp³-hybridized carbons (Fsp3) is 0.500. The lowest BCUT2D eigenvalue weighted by Crippen LogP contribution is -2.53. The Morgan fingerprint density at radius 3 is 2.57 bits per heavy atom. The third-order valence-electron chi connectivity index (χ3n) is 6.19. The third-order valence-corrected chi connectivity index (χ3v) is 6.19. The molecule has 3 fully saturated rings. The van der Waals surface area contributed by atoms with E-state index in [-0.39, 0.29) is 36.3 Å². The predicted octanol–water partition coefficient (Wildman–Crippen LogP) is 1.41. The minimum Gasteiger partial charge on any atom is -0.334 e. The number of carbonyl (C=O) groups is 3. The van der Waals surface area contributed by atoms with Gasteiger partial charge in [0.2, 0.25) is 11.8 Å². The molecule has 2 atom stereocenters. The summed E-state index contributed by atoms with van der Waals surface area (Å²) in [6.07, 6.45) is 8.66. The van der Waals surface area contributed by atoms with E-state index in [1.807, 2.05) is 22.8 Å². The SMILES string of the molecule is C#Cc1ccc(C(=O)N2C[C@@H]3C[C@H]2CN3C(=O)CN2CCCCC2=O)c(C)c1. The first-order chi connectivity index (χ1) is 13.5. The van der Waals surface area contributed by atoms with Crippen LogP contribution in [0.3, 0.4) is 0 Å². The van der Waals surface area contributed by atoms with Crippen LogP contribution in [-0.4, -0.2) is 70.7 Å². The van der Waals surface area contributed by atoms with Crippen molar-refractivity contribution in [2.24, 2.45) is 0 Å². The number of hydrogen-bond donors (Lipinski definition) is 0. The standard InChI is InChI=1S/C22H25N3O3/c1-3-16-7-8-19(15(2)10-16)22(28)25-13-17-11-18(25)12-24(17)21(27)14-23-9-5-4-6-20(23)26/h1,7-8,10,17-18H,4-6,9,11-14H2,2H3/t17-,18-/m0/s1. The van der Waals surface area contributed by atoms with E-state index in [0.717, 1.165) is 30.4 Å². The number of hydrogen-bond acceptors (Lipinski definition) is 3. The van der Waals surface area contributed by atoms with Crippen LogP contribution in [-0.2, 0) is 9.59 Å². The van der Waals surface area contributed by atoms with Crippen molar-refractivity contribution in [3.05, 3.63) is 34.9 Å². The average Bonchev–Trinajstić information content (AvgIpc) is 3.30. The van der Waals surface area contributed by atoms with Crippen molar-refractivity contribution >= 4 is 17.7 Å². The lowest BCUT2D eigenvalue weighted by molar-refractivity contribution is -0.143. The van der Waals surface area contributed by atoms with Crippen LogP contribution in [0.4, 0.5) is 0 Å². The van der Waals surface area contributed by atoms with E-state index in [4.69, 9.17) is 6.42 Å². The first kappa shape index (κ1) is 18.5. The van der Waals surface area contributed by atoms with Gasteiger partial charge < -0.3 is 14.7 Å². The molecule has 3 aliphatic rings. The molecule has 6 heteroatoms. The molecule has 3 aliphatic heterocycles. The van der Waals surface area contributed by atoms with Gasteiger partial charge in [-0.2, -0.15) is 0 Å². The van der Waals surface area contributed by atoms with Gasteiger partial charge in [-0.15, -0.1) is 6.42 Å². The molecule has 146 valence electrons. The Hall–Kier alpha value is -2.81. The fourth-order valence-corrected chi connectivity index (χ4v) is 4.65. The van der Waals surface area contributed by atoms with E-state index in [1.165, 1.54) is 0 Å². The molecular formula is C22H25N3O3. The lowest BCUT2D eigenvalue weighted by Gasteiger charge is -2.36. The molecule has 28 heavy (non-hydrogen) atoms. The molecule has 3 amide bonds. The highest BCUT2D eigenvalue weighted by Gasteiger charge is 2.47. The topological polar surface area (TPSA) is 60.9 Å². The summed E-state index contributed by atoms with van der Waals surface area (Å²) in [5.41, 5.74) is 2.31. The van der Waals surface area contributed by atoms with Gasteiger partial charge in [0.25, 0.3) is 5.91 Å². The van der Waals surface area contributed by atoms with E-state index < -0.39 is 0 Å². The van der Waals surface area contributed by atoms with Crippen LogP contribution in [0.1, 0.15) is 47.2 Å². The number of likely N-dealkylation sites (tertiary alicyclic amines) is 3. The predicted molar refractivity (Wildman–Crippen MR) is 104 cm³/mol. The molecule has 0 aromatic heterocycles. The van der Waals surface area contributed by atoms with E-state index in [9.17, 15) is 14.4 Å². The highest BCUT2D eigenvalue weighted by Crippen LogP contribution is 2.32. The van der Waals surface area contributed by atoms with Gasteiger partial charge in [-0.3, -0.25) is 14.4 Å². The van der Waals surface area contributed by atoms with Crippen molar-refractivity contribution in [3.63, 3.8) is 0 Å². The van der Waals surface area contributed by atoms with Gasteiger partial charge in [0, 0.05) is 37.2 Å². The van der Waals surface area contributed by atoms with Crippen molar-refractivity contribution in [1.29, 1.82) is 0 Å². The number of nitrogens with zero attached hydrogens (tertiary/aromatic N) is 3. The highest BCUT2D eigenvalue weighted by atomic mass is 16.2. The second-order valence-corrected chi connectivity index (χ2v) is 7.99. The number of fused-ring (bicyclic) bond motifs is 2. The Morgan fingerprint density at radius 1 is 1.18 bits per heavy atom. The molecule has 1 aromatic carbocycles. The van der Waals surface area contributed by atoms with Crippen molar-refractivity contribution in [3.8, 4) is 12.3 Å². The fourth-order valence-electron chi connectivity index (χ4n) is 4.65. The van der Waals surface area contributed by atoms with Crippen LogP contribution in [0.2, 0.25) is 0 Å². The van der Waals surface area contributed by atoms with Gasteiger partial charge in [0.1, 0.15) is 0 Å². The molecule has 0 radical (unpaired) electrons. The van der Waals surface area contributed by atoms with Crippen LogP contribution in [0.5, 0.6) is 0 Å². The quantitative estimate of drug-likeness (QED) is 0.746. The molecule has 6 nitrogen and oxygen atoms in total. The van der Waals surface area contributed by atoms with Crippen molar-refractivity contribution in [2.45, 2.75) is 44.7 Å². The van der Waals surface area contributed by atoms with Gasteiger partial charge in [-0.25, -0.2) is 0 Å². The Bertz CT molecular complexity index is 872. The summed E-state index contributed by atoms with van der Waals surface area (Å²) in [6, 6.07) is 5.54. The van der Waals surface area contributed by atoms with Crippen LogP contribution in [0.25, 0.3) is 0 Å². The van der Waals surface area contributed by atoms with Crippen LogP contribution in [0, 0.1) is 19.3 Å². The van der Waals surface area contributed by atoms with Crippen LogP contribution < -0.4 is 0 Å². The van der Waals surface area contributed by atoms with Gasteiger partial charge >= 0.3 is 0 Å². The van der Waals surface area contributed by atoms with Gasteiger partial charge in [0.05, 0.1) is 18.6 Å². The highest BCUT2D eigenvalue weighted by molar-refractivity contribution is 5.96. The third kappa shape index (κ3) is 3.26. The number of aryl methyl sites for hydroxylation is 1. The zero-order valence-corrected chi connectivity index (χ0v) is 16.2. The molecular weight excluding hydrogens is 354 g/mol. The Balaban J connectivity index is 1.40. The van der Waals surface area contributed by atoms with Crippen molar-refractivity contribution < 1.29 is 14.4 Å². The molecule has 1 aromatic rings. The normalized spacial score (nSPS) is 23.9. The van der Waals surface area contributed by atoms with Gasteiger partial charge in [0.15, 0.2) is 0 Å². The van der Waals surface area contributed by atoms with E-state index in [2.05, 4.69) is 5.92 Å². The molecule has 4 rings (SSSR count). The minimum atomic E-state index is 0.00408. The monoisotopic (exact) mass is 379 g/mol. The van der Waals surface area contributed by atoms with Crippen molar-refractivity contribution in [2.75, 3.05) is 26.2 Å². The number of terminal acetylenes is 1. The molecule has 0 unspecified atom stereocenters. The second-order valence-electron chi connectivity index (χ2n) is 7.99. The maximum atomic E-state index is 13.0. The minimum absolute atomic E-state index is 0.00408. The molecule has 0 aliphatic carbocycles. The maximum absolute atomic E-state index is 13.0.